The highest BCUT2D eigenvalue weighted by atomic mass is 32.1. The van der Waals surface area contributed by atoms with Gasteiger partial charge in [0.1, 0.15) is 0 Å². The van der Waals surface area contributed by atoms with Crippen molar-refractivity contribution in [3.8, 4) is 0 Å². The zero-order chi connectivity index (χ0) is 9.42. The maximum Gasteiger partial charge on any atom is 0.215 e. The third kappa shape index (κ3) is 1.78. The Morgan fingerprint density at radius 2 is 2.00 bits per heavy atom. The van der Waals surface area contributed by atoms with Crippen LogP contribution in [0.5, 0.6) is 0 Å². The van der Waals surface area contributed by atoms with Gasteiger partial charge in [-0.1, -0.05) is 6.92 Å². The topological polar surface area (TPSA) is 48.9 Å². The van der Waals surface area contributed by atoms with Crippen molar-refractivity contribution in [1.29, 1.82) is 0 Å². The molecule has 0 spiro atoms. The van der Waals surface area contributed by atoms with E-state index in [1.165, 1.54) is 11.1 Å². The molecule has 0 aromatic carbocycles. The first-order valence-electron chi connectivity index (χ1n) is 4.12. The molecule has 4 nitrogen and oxygen atoms in total. The Kier molecular flexibility index (Phi) is 2.17. The molecule has 2 rings (SSSR count). The third-order valence-corrected chi connectivity index (χ3v) is 2.76. The van der Waals surface area contributed by atoms with Crippen molar-refractivity contribution in [2.75, 3.05) is 0 Å². The van der Waals surface area contributed by atoms with Gasteiger partial charge in [-0.25, -0.2) is 0 Å². The molecule has 1 aliphatic carbocycles. The predicted octanol–water partition coefficient (Wildman–Crippen LogP) is 2.09. The summed E-state index contributed by atoms with van der Waals surface area (Å²) in [5, 5.41) is 9.65. The summed E-state index contributed by atoms with van der Waals surface area (Å²) in [6, 6.07) is 0. The molecule has 6 heteroatoms. The predicted molar refractivity (Wildman–Crippen MR) is 56.0 cm³/mol. The van der Waals surface area contributed by atoms with Crippen LogP contribution in [-0.4, -0.2) is 21.1 Å². The lowest BCUT2D eigenvalue weighted by atomic mass is 10.4. The summed E-state index contributed by atoms with van der Waals surface area (Å²) < 4.78 is 2.54. The molecule has 13 heavy (non-hydrogen) atoms. The molecule has 1 heterocycles. The fourth-order valence-corrected chi connectivity index (χ4v) is 1.56. The second kappa shape index (κ2) is 3.19. The molecule has 1 aromatic rings. The number of hydrogen-bond acceptors (Lipinski definition) is 3. The van der Waals surface area contributed by atoms with Gasteiger partial charge in [0.05, 0.1) is 0 Å². The van der Waals surface area contributed by atoms with Gasteiger partial charge in [-0.15, -0.1) is 0 Å². The average Bonchev–Trinajstić information content (AvgIpc) is 2.69. The Balaban J connectivity index is 2.22. The van der Waals surface area contributed by atoms with Crippen molar-refractivity contribution < 1.29 is 0 Å². The molecule has 2 unspecified atom stereocenters. The smallest absolute Gasteiger partial charge is 0.215 e. The van der Waals surface area contributed by atoms with Crippen LogP contribution in [0, 0.1) is 21.4 Å². The van der Waals surface area contributed by atoms with Gasteiger partial charge < -0.3 is 0 Å². The largest absolute Gasteiger partial charge is 0.273 e. The van der Waals surface area contributed by atoms with E-state index in [9.17, 15) is 0 Å². The number of nitrogens with zero attached hydrogens (tertiary/aromatic N) is 2. The first-order valence-corrected chi connectivity index (χ1v) is 4.94. The number of hydrogen-bond donors (Lipinski definition) is 2. The maximum absolute atomic E-state index is 4.97. The van der Waals surface area contributed by atoms with Crippen LogP contribution in [0.25, 0.3) is 0 Å². The van der Waals surface area contributed by atoms with Crippen LogP contribution >= 0.6 is 24.4 Å². The quantitative estimate of drug-likeness (QED) is 0.585. The Hall–Kier alpha value is -0.750. The second-order valence-electron chi connectivity index (χ2n) is 3.31. The zero-order valence-electron chi connectivity index (χ0n) is 7.15. The van der Waals surface area contributed by atoms with E-state index in [-0.39, 0.29) is 0 Å². The van der Waals surface area contributed by atoms with Crippen molar-refractivity contribution in [1.82, 2.24) is 14.9 Å². The minimum Gasteiger partial charge on any atom is -0.273 e. The Morgan fingerprint density at radius 3 is 2.46 bits per heavy atom. The lowest BCUT2D eigenvalue weighted by Gasteiger charge is -1.88. The van der Waals surface area contributed by atoms with Crippen molar-refractivity contribution in [3.05, 3.63) is 9.54 Å². The van der Waals surface area contributed by atoms with Gasteiger partial charge in [-0.05, 0) is 42.7 Å². The Labute approximate surface area is 85.7 Å². The molecule has 1 aliphatic rings. The van der Waals surface area contributed by atoms with Crippen molar-refractivity contribution >= 4 is 30.7 Å². The van der Waals surface area contributed by atoms with Crippen LogP contribution in [-0.2, 0) is 0 Å². The van der Waals surface area contributed by atoms with E-state index in [1.807, 2.05) is 6.21 Å². The summed E-state index contributed by atoms with van der Waals surface area (Å²) in [7, 11) is 0. The van der Waals surface area contributed by atoms with E-state index in [2.05, 4.69) is 22.2 Å². The standard InChI is InChI=1S/C7H10N4S2/c1-4-2-5(4)3-8-11-6(12)9-10-7(11)13/h3-5H,2H2,1H3,(H,9,12)(H,10,13)/b8-3+. The zero-order valence-corrected chi connectivity index (χ0v) is 8.78. The van der Waals surface area contributed by atoms with Crippen LogP contribution in [0.15, 0.2) is 5.10 Å². The lowest BCUT2D eigenvalue weighted by molar-refractivity contribution is 0.832. The molecule has 2 N–H and O–H groups in total. The number of H-pyrrole nitrogens is 2. The van der Waals surface area contributed by atoms with Crippen LogP contribution in [0.3, 0.4) is 0 Å². The molecule has 0 radical (unpaired) electrons. The number of aromatic nitrogens is 3. The van der Waals surface area contributed by atoms with E-state index in [0.29, 0.717) is 15.5 Å². The van der Waals surface area contributed by atoms with Crippen LogP contribution in [0.4, 0.5) is 0 Å². The highest BCUT2D eigenvalue weighted by Crippen LogP contribution is 2.35. The molecule has 70 valence electrons. The summed E-state index contributed by atoms with van der Waals surface area (Å²) in [6.07, 6.45) is 3.13. The first-order chi connectivity index (χ1) is 6.18. The van der Waals surface area contributed by atoms with Crippen LogP contribution in [0.2, 0.25) is 0 Å². The van der Waals surface area contributed by atoms with E-state index >= 15 is 0 Å². The van der Waals surface area contributed by atoms with Gasteiger partial charge in [0.15, 0.2) is 0 Å². The minimum absolute atomic E-state index is 0.509. The monoisotopic (exact) mass is 214 g/mol. The minimum atomic E-state index is 0.509. The fourth-order valence-electron chi connectivity index (χ4n) is 1.12. The van der Waals surface area contributed by atoms with Gasteiger partial charge in [-0.2, -0.15) is 9.78 Å². The van der Waals surface area contributed by atoms with Crippen LogP contribution < -0.4 is 0 Å². The molecular weight excluding hydrogens is 204 g/mol. The maximum atomic E-state index is 4.97. The van der Waals surface area contributed by atoms with Crippen molar-refractivity contribution in [2.24, 2.45) is 16.9 Å². The molecule has 2 atom stereocenters. The molecule has 0 bridgehead atoms. The van der Waals surface area contributed by atoms with E-state index < -0.39 is 0 Å². The van der Waals surface area contributed by atoms with E-state index in [0.717, 1.165) is 5.92 Å². The number of nitrogens with one attached hydrogen (secondary N) is 2. The summed E-state index contributed by atoms with van der Waals surface area (Å²) in [6.45, 7) is 2.20. The molecule has 0 amide bonds. The van der Waals surface area contributed by atoms with Crippen LogP contribution in [0.1, 0.15) is 13.3 Å². The fraction of sp³-hybridized carbons (Fsp3) is 0.571. The Morgan fingerprint density at radius 1 is 1.46 bits per heavy atom. The van der Waals surface area contributed by atoms with E-state index in [4.69, 9.17) is 24.4 Å². The number of aromatic amines is 2. The normalized spacial score (nSPS) is 26.8. The second-order valence-corrected chi connectivity index (χ2v) is 4.09. The van der Waals surface area contributed by atoms with Gasteiger partial charge in [0.2, 0.25) is 9.54 Å². The highest BCUT2D eigenvalue weighted by molar-refractivity contribution is 7.72. The van der Waals surface area contributed by atoms with Gasteiger partial charge in [-0.3, -0.25) is 10.2 Å². The summed E-state index contributed by atoms with van der Waals surface area (Å²) in [5.41, 5.74) is 0. The molecule has 1 saturated carbocycles. The summed E-state index contributed by atoms with van der Waals surface area (Å²) in [5.74, 6) is 1.36. The molecule has 1 fully saturated rings. The molecule has 0 aliphatic heterocycles. The molecule has 1 aromatic heterocycles. The number of rotatable bonds is 2. The van der Waals surface area contributed by atoms with E-state index in [1.54, 1.807) is 0 Å². The summed E-state index contributed by atoms with van der Waals surface area (Å²) >= 11 is 9.94. The van der Waals surface area contributed by atoms with Gasteiger partial charge >= 0.3 is 0 Å². The lowest BCUT2D eigenvalue weighted by Crippen LogP contribution is -1.91. The van der Waals surface area contributed by atoms with Crippen molar-refractivity contribution in [2.45, 2.75) is 13.3 Å². The molecular formula is C7H10N4S2. The third-order valence-electron chi connectivity index (χ3n) is 2.21. The Bertz CT molecular complexity index is 410. The van der Waals surface area contributed by atoms with Crippen molar-refractivity contribution in [3.63, 3.8) is 0 Å². The highest BCUT2D eigenvalue weighted by Gasteiger charge is 2.30. The van der Waals surface area contributed by atoms with Gasteiger partial charge in [0, 0.05) is 6.21 Å². The first kappa shape index (κ1) is 8.83. The van der Waals surface area contributed by atoms with Gasteiger partial charge in [0.25, 0.3) is 0 Å². The SMILES string of the molecule is CC1CC1/C=N/n1c(=S)[nH][nH]c1=S. The molecule has 0 saturated heterocycles. The average molecular weight is 214 g/mol. The summed E-state index contributed by atoms with van der Waals surface area (Å²) in [4.78, 5) is 0.